The fraction of sp³-hybridized carbons (Fsp3) is 0.111. The molecule has 3 heteroatoms. The van der Waals surface area contributed by atoms with Crippen molar-refractivity contribution in [3.8, 4) is 11.3 Å². The van der Waals surface area contributed by atoms with Crippen molar-refractivity contribution in [1.29, 1.82) is 0 Å². The molecule has 0 unspecified atom stereocenters. The summed E-state index contributed by atoms with van der Waals surface area (Å²) in [7, 11) is 0. The molecular formula is C9H6N2O. The van der Waals surface area contributed by atoms with E-state index in [0.29, 0.717) is 0 Å². The number of benzene rings is 1. The molecule has 1 aromatic heterocycles. The summed E-state index contributed by atoms with van der Waals surface area (Å²) in [5, 5.41) is 7.68. The van der Waals surface area contributed by atoms with Crippen LogP contribution in [-0.4, -0.2) is 10.3 Å². The van der Waals surface area contributed by atoms with Gasteiger partial charge in [0.25, 0.3) is 0 Å². The summed E-state index contributed by atoms with van der Waals surface area (Å²) < 4.78 is 4.64. The summed E-state index contributed by atoms with van der Waals surface area (Å²) in [5.41, 5.74) is 4.31. The van der Waals surface area contributed by atoms with Gasteiger partial charge in [-0.15, -0.1) is 0 Å². The van der Waals surface area contributed by atoms with Gasteiger partial charge in [-0.05, 0) is 10.7 Å². The molecule has 1 aliphatic rings. The number of hydrogen-bond donors (Lipinski definition) is 0. The molecule has 0 amide bonds. The van der Waals surface area contributed by atoms with Crippen LogP contribution in [0.2, 0.25) is 0 Å². The highest BCUT2D eigenvalue weighted by Gasteiger charge is 2.22. The van der Waals surface area contributed by atoms with Crippen LogP contribution in [-0.2, 0) is 6.42 Å². The first-order valence-electron chi connectivity index (χ1n) is 3.85. The molecule has 0 fully saturated rings. The zero-order valence-corrected chi connectivity index (χ0v) is 6.32. The number of hydrogen-bond acceptors (Lipinski definition) is 3. The van der Waals surface area contributed by atoms with Crippen LogP contribution in [0.3, 0.4) is 0 Å². The van der Waals surface area contributed by atoms with Crippen LogP contribution in [0.15, 0.2) is 28.9 Å². The van der Waals surface area contributed by atoms with Crippen LogP contribution in [0.4, 0.5) is 0 Å². The lowest BCUT2D eigenvalue weighted by molar-refractivity contribution is 0.304. The van der Waals surface area contributed by atoms with Gasteiger partial charge in [-0.3, -0.25) is 0 Å². The number of nitrogens with zero attached hydrogens (tertiary/aromatic N) is 2. The Kier molecular flexibility index (Phi) is 0.961. The molecule has 0 radical (unpaired) electrons. The molecule has 0 saturated heterocycles. The summed E-state index contributed by atoms with van der Waals surface area (Å²) >= 11 is 0. The van der Waals surface area contributed by atoms with E-state index in [0.717, 1.165) is 23.4 Å². The van der Waals surface area contributed by atoms with Crippen LogP contribution < -0.4 is 0 Å². The molecule has 0 saturated carbocycles. The fourth-order valence-corrected chi connectivity index (χ4v) is 1.61. The molecule has 0 atom stereocenters. The summed E-state index contributed by atoms with van der Waals surface area (Å²) in [4.78, 5) is 0. The SMILES string of the molecule is c1ccc2c(c1)Cc1nonc1-2. The van der Waals surface area contributed by atoms with Crippen molar-refractivity contribution in [2.24, 2.45) is 0 Å². The first-order valence-corrected chi connectivity index (χ1v) is 3.85. The first-order chi connectivity index (χ1) is 5.95. The van der Waals surface area contributed by atoms with Crippen molar-refractivity contribution >= 4 is 0 Å². The van der Waals surface area contributed by atoms with E-state index in [1.54, 1.807) is 0 Å². The number of aromatic nitrogens is 2. The van der Waals surface area contributed by atoms with Gasteiger partial charge in [0.15, 0.2) is 0 Å². The topological polar surface area (TPSA) is 38.9 Å². The number of rotatable bonds is 0. The zero-order chi connectivity index (χ0) is 7.97. The lowest BCUT2D eigenvalue weighted by Crippen LogP contribution is -1.80. The molecule has 0 aliphatic heterocycles. The minimum absolute atomic E-state index is 0.856. The predicted octanol–water partition coefficient (Wildman–Crippen LogP) is 1.64. The van der Waals surface area contributed by atoms with E-state index in [4.69, 9.17) is 0 Å². The fourth-order valence-electron chi connectivity index (χ4n) is 1.61. The van der Waals surface area contributed by atoms with Gasteiger partial charge in [0.05, 0.1) is 0 Å². The summed E-state index contributed by atoms with van der Waals surface area (Å²) in [6.45, 7) is 0. The van der Waals surface area contributed by atoms with E-state index in [-0.39, 0.29) is 0 Å². The van der Waals surface area contributed by atoms with Gasteiger partial charge >= 0.3 is 0 Å². The summed E-state index contributed by atoms with van der Waals surface area (Å²) in [6, 6.07) is 8.18. The van der Waals surface area contributed by atoms with E-state index in [2.05, 4.69) is 21.0 Å². The summed E-state index contributed by atoms with van der Waals surface area (Å²) in [5.74, 6) is 0. The lowest BCUT2D eigenvalue weighted by Gasteiger charge is -1.93. The molecule has 12 heavy (non-hydrogen) atoms. The quantitative estimate of drug-likeness (QED) is 0.499. The Balaban J connectivity index is 2.34. The molecule has 0 spiro atoms. The third kappa shape index (κ3) is 0.605. The van der Waals surface area contributed by atoms with E-state index < -0.39 is 0 Å². The second-order valence-corrected chi connectivity index (χ2v) is 2.89. The molecule has 1 aromatic carbocycles. The molecular weight excluding hydrogens is 152 g/mol. The number of fused-ring (bicyclic) bond motifs is 3. The highest BCUT2D eigenvalue weighted by atomic mass is 16.6. The second-order valence-electron chi connectivity index (χ2n) is 2.89. The van der Waals surface area contributed by atoms with Crippen LogP contribution in [0, 0.1) is 0 Å². The maximum atomic E-state index is 4.64. The van der Waals surface area contributed by atoms with E-state index in [9.17, 15) is 0 Å². The Bertz CT molecular complexity index is 434. The van der Waals surface area contributed by atoms with Crippen molar-refractivity contribution in [3.63, 3.8) is 0 Å². The Hall–Kier alpha value is -1.64. The van der Waals surface area contributed by atoms with Gasteiger partial charge < -0.3 is 0 Å². The van der Waals surface area contributed by atoms with Gasteiger partial charge in [0.2, 0.25) is 0 Å². The molecule has 0 N–H and O–H groups in total. The van der Waals surface area contributed by atoms with Crippen LogP contribution in [0.1, 0.15) is 11.3 Å². The normalized spacial score (nSPS) is 12.7. The molecule has 2 aromatic rings. The van der Waals surface area contributed by atoms with Crippen molar-refractivity contribution < 1.29 is 4.63 Å². The maximum Gasteiger partial charge on any atom is 0.138 e. The average Bonchev–Trinajstić information content (AvgIpc) is 2.62. The molecule has 1 aliphatic carbocycles. The van der Waals surface area contributed by atoms with Gasteiger partial charge in [0.1, 0.15) is 11.4 Å². The first kappa shape index (κ1) is 5.94. The lowest BCUT2D eigenvalue weighted by atomic mass is 10.1. The van der Waals surface area contributed by atoms with Crippen molar-refractivity contribution in [3.05, 3.63) is 35.5 Å². The average molecular weight is 158 g/mol. The minimum Gasteiger partial charge on any atom is -0.244 e. The summed E-state index contributed by atoms with van der Waals surface area (Å²) in [6.07, 6.45) is 0.856. The van der Waals surface area contributed by atoms with E-state index in [1.807, 2.05) is 18.2 Å². The third-order valence-electron chi connectivity index (χ3n) is 2.19. The van der Waals surface area contributed by atoms with Gasteiger partial charge in [-0.25, -0.2) is 4.63 Å². The second kappa shape index (κ2) is 1.94. The van der Waals surface area contributed by atoms with Gasteiger partial charge in [-0.1, -0.05) is 29.4 Å². The minimum atomic E-state index is 0.856. The highest BCUT2D eigenvalue weighted by Crippen LogP contribution is 2.33. The molecule has 1 heterocycles. The van der Waals surface area contributed by atoms with E-state index >= 15 is 0 Å². The van der Waals surface area contributed by atoms with Crippen LogP contribution >= 0.6 is 0 Å². The van der Waals surface area contributed by atoms with Crippen molar-refractivity contribution in [1.82, 2.24) is 10.3 Å². The zero-order valence-electron chi connectivity index (χ0n) is 6.32. The van der Waals surface area contributed by atoms with Crippen LogP contribution in [0.5, 0.6) is 0 Å². The maximum absolute atomic E-state index is 4.64. The smallest absolute Gasteiger partial charge is 0.138 e. The Labute approximate surface area is 69.0 Å². The van der Waals surface area contributed by atoms with Crippen molar-refractivity contribution in [2.75, 3.05) is 0 Å². The molecule has 3 rings (SSSR count). The van der Waals surface area contributed by atoms with Gasteiger partial charge in [0, 0.05) is 12.0 Å². The molecule has 3 nitrogen and oxygen atoms in total. The van der Waals surface area contributed by atoms with Gasteiger partial charge in [-0.2, -0.15) is 0 Å². The van der Waals surface area contributed by atoms with E-state index in [1.165, 1.54) is 5.56 Å². The van der Waals surface area contributed by atoms with Crippen LogP contribution in [0.25, 0.3) is 11.3 Å². The Morgan fingerprint density at radius 1 is 1.17 bits per heavy atom. The van der Waals surface area contributed by atoms with Crippen molar-refractivity contribution in [2.45, 2.75) is 6.42 Å². The third-order valence-corrected chi connectivity index (χ3v) is 2.19. The monoisotopic (exact) mass is 158 g/mol. The highest BCUT2D eigenvalue weighted by molar-refractivity contribution is 5.71. The standard InChI is InChI=1S/C9H6N2O/c1-2-4-7-6(3-1)5-8-9(7)11-12-10-8/h1-4H,5H2. The predicted molar refractivity (Wildman–Crippen MR) is 42.5 cm³/mol. The molecule has 58 valence electrons. The Morgan fingerprint density at radius 2 is 2.08 bits per heavy atom. The molecule has 0 bridgehead atoms. The largest absolute Gasteiger partial charge is 0.244 e. The Morgan fingerprint density at radius 3 is 3.08 bits per heavy atom.